The number of hydrogen-bond acceptors (Lipinski definition) is 3. The van der Waals surface area contributed by atoms with E-state index in [9.17, 15) is 4.79 Å². The molecule has 1 saturated carbocycles. The van der Waals surface area contributed by atoms with Gasteiger partial charge in [-0.05, 0) is 49.7 Å². The Morgan fingerprint density at radius 2 is 1.96 bits per heavy atom. The van der Waals surface area contributed by atoms with Crippen LogP contribution in [-0.4, -0.2) is 18.4 Å². The van der Waals surface area contributed by atoms with Crippen molar-refractivity contribution in [3.8, 4) is 0 Å². The van der Waals surface area contributed by atoms with Gasteiger partial charge in [-0.25, -0.2) is 0 Å². The second-order valence-electron chi connectivity index (χ2n) is 8.91. The maximum absolute atomic E-state index is 12.2. The van der Waals surface area contributed by atoms with Gasteiger partial charge in [0.25, 0.3) is 0 Å². The number of unbranched alkanes of at least 4 members (excludes halogenated alkanes) is 1. The number of ether oxygens (including phenoxy) is 1. The average Bonchev–Trinajstić information content (AvgIpc) is 2.72. The highest BCUT2D eigenvalue weighted by Crippen LogP contribution is 2.47. The van der Waals surface area contributed by atoms with Crippen molar-refractivity contribution < 1.29 is 9.53 Å². The van der Waals surface area contributed by atoms with Crippen LogP contribution in [0.5, 0.6) is 0 Å². The third-order valence-electron chi connectivity index (χ3n) is 6.94. The van der Waals surface area contributed by atoms with Gasteiger partial charge >= 0.3 is 0 Å². The van der Waals surface area contributed by atoms with Gasteiger partial charge in [0.15, 0.2) is 0 Å². The molecule has 3 atom stereocenters. The number of carbonyl (C=O) groups excluding carboxylic acids is 1. The van der Waals surface area contributed by atoms with E-state index in [1.807, 2.05) is 0 Å². The van der Waals surface area contributed by atoms with Crippen molar-refractivity contribution >= 4 is 23.9 Å². The number of halogens is 1. The lowest BCUT2D eigenvalue weighted by Gasteiger charge is -2.47. The van der Waals surface area contributed by atoms with E-state index < -0.39 is 0 Å². The molecule has 1 aromatic rings. The van der Waals surface area contributed by atoms with Crippen LogP contribution >= 0.6 is 12.4 Å². The molecule has 3 aliphatic rings. The monoisotopic (exact) mass is 405 g/mol. The summed E-state index contributed by atoms with van der Waals surface area (Å²) in [6.45, 7) is 3.01. The Bertz CT molecular complexity index is 656. The first kappa shape index (κ1) is 21.6. The summed E-state index contributed by atoms with van der Waals surface area (Å²) in [5.41, 5.74) is 3.70. The van der Waals surface area contributed by atoms with E-state index >= 15 is 0 Å². The van der Waals surface area contributed by atoms with Crippen LogP contribution in [0.3, 0.4) is 0 Å². The fraction of sp³-hybridized carbons (Fsp3) is 0.708. The first-order chi connectivity index (χ1) is 13.3. The standard InChI is InChI=1S/C24H35NO2.ClH/c1-2-3-10-19(26)15-17-12-13-22-21(16-17)24-20(11-7-14-27-24)23(25-22)18-8-5-4-6-9-18;/h12-13,16,18,20,23-25H,2-11,14-15H2,1H3;1H/t20-,23-,24-;/m0./s1. The van der Waals surface area contributed by atoms with Crippen LogP contribution in [0.1, 0.15) is 88.4 Å². The molecule has 0 radical (unpaired) electrons. The lowest BCUT2D eigenvalue weighted by atomic mass is 9.71. The molecule has 0 unspecified atom stereocenters. The van der Waals surface area contributed by atoms with Gasteiger partial charge in [0.2, 0.25) is 0 Å². The summed E-state index contributed by atoms with van der Waals surface area (Å²) in [5.74, 6) is 1.73. The second kappa shape index (κ2) is 10.1. The normalized spacial score (nSPS) is 27.1. The quantitative estimate of drug-likeness (QED) is 0.607. The molecule has 0 spiro atoms. The third-order valence-corrected chi connectivity index (χ3v) is 6.94. The van der Waals surface area contributed by atoms with Gasteiger partial charge in [-0.2, -0.15) is 0 Å². The number of hydrogen-bond donors (Lipinski definition) is 1. The zero-order valence-corrected chi connectivity index (χ0v) is 18.1. The zero-order valence-electron chi connectivity index (χ0n) is 17.3. The van der Waals surface area contributed by atoms with E-state index in [2.05, 4.69) is 30.4 Å². The van der Waals surface area contributed by atoms with Crippen molar-refractivity contribution in [1.29, 1.82) is 0 Å². The van der Waals surface area contributed by atoms with Crippen LogP contribution < -0.4 is 5.32 Å². The molecule has 1 aliphatic carbocycles. The summed E-state index contributed by atoms with van der Waals surface area (Å²) < 4.78 is 6.33. The molecule has 2 heterocycles. The smallest absolute Gasteiger partial charge is 0.137 e. The summed E-state index contributed by atoms with van der Waals surface area (Å²) in [6.07, 6.45) is 12.9. The van der Waals surface area contributed by atoms with Gasteiger partial charge in [-0.1, -0.05) is 44.7 Å². The van der Waals surface area contributed by atoms with E-state index in [1.54, 1.807) is 0 Å². The second-order valence-corrected chi connectivity index (χ2v) is 8.91. The maximum atomic E-state index is 12.2. The highest BCUT2D eigenvalue weighted by Gasteiger charge is 2.42. The highest BCUT2D eigenvalue weighted by molar-refractivity contribution is 5.85. The molecule has 4 rings (SSSR count). The number of anilines is 1. The van der Waals surface area contributed by atoms with Crippen molar-refractivity contribution in [1.82, 2.24) is 0 Å². The first-order valence-corrected chi connectivity index (χ1v) is 11.3. The predicted octanol–water partition coefficient (Wildman–Crippen LogP) is 6.25. The molecule has 0 bridgehead atoms. The SMILES string of the molecule is CCCCC(=O)Cc1ccc2c(c1)[C@H]1OCCC[C@H]1[C@H](C1CCCCC1)N2.Cl. The van der Waals surface area contributed by atoms with Crippen LogP contribution in [0.4, 0.5) is 5.69 Å². The molecule has 0 aromatic heterocycles. The Morgan fingerprint density at radius 1 is 1.14 bits per heavy atom. The van der Waals surface area contributed by atoms with Gasteiger partial charge in [0.1, 0.15) is 5.78 Å². The molecule has 2 fully saturated rings. The number of nitrogens with one attached hydrogen (secondary N) is 1. The van der Waals surface area contributed by atoms with E-state index in [0.29, 0.717) is 30.6 Å². The van der Waals surface area contributed by atoms with Crippen LogP contribution in [0.15, 0.2) is 18.2 Å². The predicted molar refractivity (Wildman–Crippen MR) is 117 cm³/mol. The van der Waals surface area contributed by atoms with Gasteiger partial charge in [0, 0.05) is 42.7 Å². The molecule has 156 valence electrons. The Morgan fingerprint density at radius 3 is 2.75 bits per heavy atom. The number of benzene rings is 1. The van der Waals surface area contributed by atoms with Crippen LogP contribution in [0, 0.1) is 11.8 Å². The Kier molecular flexibility index (Phi) is 7.82. The molecular formula is C24H36ClNO2. The first-order valence-electron chi connectivity index (χ1n) is 11.3. The maximum Gasteiger partial charge on any atom is 0.137 e. The van der Waals surface area contributed by atoms with Crippen LogP contribution in [-0.2, 0) is 16.0 Å². The van der Waals surface area contributed by atoms with E-state index in [4.69, 9.17) is 4.74 Å². The van der Waals surface area contributed by atoms with E-state index in [1.165, 1.54) is 56.2 Å². The summed E-state index contributed by atoms with van der Waals surface area (Å²) in [6, 6.07) is 7.17. The Balaban J connectivity index is 0.00000225. The summed E-state index contributed by atoms with van der Waals surface area (Å²) >= 11 is 0. The molecule has 3 nitrogen and oxygen atoms in total. The third kappa shape index (κ3) is 4.74. The average molecular weight is 406 g/mol. The van der Waals surface area contributed by atoms with Crippen molar-refractivity contribution in [2.45, 2.75) is 89.7 Å². The molecule has 28 heavy (non-hydrogen) atoms. The summed E-state index contributed by atoms with van der Waals surface area (Å²) in [4.78, 5) is 12.2. The van der Waals surface area contributed by atoms with Crippen LogP contribution in [0.2, 0.25) is 0 Å². The molecular weight excluding hydrogens is 370 g/mol. The lowest BCUT2D eigenvalue weighted by molar-refractivity contribution is -0.118. The van der Waals surface area contributed by atoms with Crippen LogP contribution in [0.25, 0.3) is 0 Å². The van der Waals surface area contributed by atoms with Crippen molar-refractivity contribution in [2.75, 3.05) is 11.9 Å². The zero-order chi connectivity index (χ0) is 18.6. The largest absolute Gasteiger partial charge is 0.381 e. The minimum absolute atomic E-state index is 0. The molecule has 0 amide bonds. The fourth-order valence-electron chi connectivity index (χ4n) is 5.52. The Labute approximate surface area is 176 Å². The fourth-order valence-corrected chi connectivity index (χ4v) is 5.52. The van der Waals surface area contributed by atoms with E-state index in [-0.39, 0.29) is 18.5 Å². The van der Waals surface area contributed by atoms with Crippen molar-refractivity contribution in [3.63, 3.8) is 0 Å². The summed E-state index contributed by atoms with van der Waals surface area (Å²) in [5, 5.41) is 3.92. The van der Waals surface area contributed by atoms with Gasteiger partial charge < -0.3 is 10.1 Å². The molecule has 1 aromatic carbocycles. The van der Waals surface area contributed by atoms with Crippen molar-refractivity contribution in [2.24, 2.45) is 11.8 Å². The van der Waals surface area contributed by atoms with Gasteiger partial charge in [-0.3, -0.25) is 4.79 Å². The minimum atomic E-state index is 0. The molecule has 4 heteroatoms. The number of Topliss-reactive ketones (excluding diaryl/α,β-unsaturated/α-hetero) is 1. The summed E-state index contributed by atoms with van der Waals surface area (Å²) in [7, 11) is 0. The van der Waals surface area contributed by atoms with E-state index in [0.717, 1.165) is 30.9 Å². The number of ketones is 1. The van der Waals surface area contributed by atoms with Crippen molar-refractivity contribution in [3.05, 3.63) is 29.3 Å². The van der Waals surface area contributed by atoms with Gasteiger partial charge in [0.05, 0.1) is 6.10 Å². The minimum Gasteiger partial charge on any atom is -0.381 e. The molecule has 1 N–H and O–H groups in total. The van der Waals surface area contributed by atoms with Gasteiger partial charge in [-0.15, -0.1) is 12.4 Å². The topological polar surface area (TPSA) is 38.3 Å². The number of fused-ring (bicyclic) bond motifs is 3. The lowest BCUT2D eigenvalue weighted by Crippen LogP contribution is -2.46. The Hall–Kier alpha value is -1.06. The number of carbonyl (C=O) groups is 1. The highest BCUT2D eigenvalue weighted by atomic mass is 35.5. The number of rotatable bonds is 6. The molecule has 2 aliphatic heterocycles. The molecule has 1 saturated heterocycles.